The van der Waals surface area contributed by atoms with Gasteiger partial charge in [0.05, 0.1) is 12.2 Å². The van der Waals surface area contributed by atoms with Crippen LogP contribution >= 0.6 is 35.7 Å². The average Bonchev–Trinajstić information content (AvgIpc) is 2.46. The van der Waals surface area contributed by atoms with E-state index in [1.807, 2.05) is 24.0 Å². The second-order valence-corrected chi connectivity index (χ2v) is 5.51. The van der Waals surface area contributed by atoms with Crippen molar-refractivity contribution in [1.29, 1.82) is 0 Å². The molecule has 0 saturated carbocycles. The predicted octanol–water partition coefficient (Wildman–Crippen LogP) is 2.13. The third kappa shape index (κ3) is 5.18. The highest BCUT2D eigenvalue weighted by atomic mass is 127. The number of nitrogens with zero attached hydrogens (tertiary/aromatic N) is 3. The fourth-order valence-electron chi connectivity index (χ4n) is 1.89. The van der Waals surface area contributed by atoms with Crippen LogP contribution in [-0.4, -0.2) is 40.4 Å². The number of aryl methyl sites for hydroxylation is 1. The lowest BCUT2D eigenvalue weighted by Gasteiger charge is -2.27. The number of halogens is 1. The number of nitrogens with two attached hydrogens (primary N) is 1. The van der Waals surface area contributed by atoms with Crippen molar-refractivity contribution in [3.63, 3.8) is 0 Å². The van der Waals surface area contributed by atoms with Gasteiger partial charge >= 0.3 is 0 Å². The van der Waals surface area contributed by atoms with Crippen molar-refractivity contribution >= 4 is 41.7 Å². The number of aromatic nitrogens is 1. The SMILES string of the molecule is CCc1ccnc(CN=C(N)N2CCSCC2)c1.I. The van der Waals surface area contributed by atoms with Gasteiger partial charge in [0, 0.05) is 30.8 Å². The summed E-state index contributed by atoms with van der Waals surface area (Å²) in [5, 5.41) is 0. The Morgan fingerprint density at radius 1 is 1.47 bits per heavy atom. The van der Waals surface area contributed by atoms with Gasteiger partial charge in [-0.1, -0.05) is 6.92 Å². The molecule has 6 heteroatoms. The summed E-state index contributed by atoms with van der Waals surface area (Å²) < 4.78 is 0. The van der Waals surface area contributed by atoms with Crippen LogP contribution in [0.3, 0.4) is 0 Å². The Bertz CT molecular complexity index is 419. The smallest absolute Gasteiger partial charge is 0.191 e. The molecular formula is C13H21IN4S. The molecule has 2 N–H and O–H groups in total. The molecule has 0 amide bonds. The molecule has 4 nitrogen and oxygen atoms in total. The van der Waals surface area contributed by atoms with Crippen LogP contribution in [0.2, 0.25) is 0 Å². The molecule has 0 spiro atoms. The normalized spacial score (nSPS) is 16.1. The van der Waals surface area contributed by atoms with Crippen molar-refractivity contribution in [3.8, 4) is 0 Å². The number of thioether (sulfide) groups is 1. The summed E-state index contributed by atoms with van der Waals surface area (Å²) in [6.45, 7) is 4.72. The third-order valence-electron chi connectivity index (χ3n) is 3.03. The lowest BCUT2D eigenvalue weighted by atomic mass is 10.2. The topological polar surface area (TPSA) is 54.5 Å². The maximum absolute atomic E-state index is 6.01. The molecule has 2 rings (SSSR count). The fourth-order valence-corrected chi connectivity index (χ4v) is 2.79. The number of pyridine rings is 1. The summed E-state index contributed by atoms with van der Waals surface area (Å²) in [4.78, 5) is 10.9. The predicted molar refractivity (Wildman–Crippen MR) is 93.3 cm³/mol. The molecule has 0 radical (unpaired) electrons. The molecule has 1 aliphatic heterocycles. The van der Waals surface area contributed by atoms with Gasteiger partial charge in [-0.2, -0.15) is 11.8 Å². The molecule has 1 saturated heterocycles. The van der Waals surface area contributed by atoms with Gasteiger partial charge in [0.2, 0.25) is 0 Å². The minimum absolute atomic E-state index is 0. The Morgan fingerprint density at radius 2 is 2.21 bits per heavy atom. The summed E-state index contributed by atoms with van der Waals surface area (Å²) in [6, 6.07) is 4.14. The van der Waals surface area contributed by atoms with E-state index in [4.69, 9.17) is 5.73 Å². The average molecular weight is 392 g/mol. The molecular weight excluding hydrogens is 371 g/mol. The molecule has 0 unspecified atom stereocenters. The maximum atomic E-state index is 6.01. The van der Waals surface area contributed by atoms with Gasteiger partial charge < -0.3 is 10.6 Å². The van der Waals surface area contributed by atoms with Crippen molar-refractivity contribution < 1.29 is 0 Å². The van der Waals surface area contributed by atoms with Gasteiger partial charge in [-0.15, -0.1) is 24.0 Å². The summed E-state index contributed by atoms with van der Waals surface area (Å²) in [5.74, 6) is 2.93. The van der Waals surface area contributed by atoms with Gasteiger partial charge in [0.25, 0.3) is 0 Å². The zero-order chi connectivity index (χ0) is 12.8. The first kappa shape index (κ1) is 16.6. The quantitative estimate of drug-likeness (QED) is 0.487. The monoisotopic (exact) mass is 392 g/mol. The first-order valence-corrected chi connectivity index (χ1v) is 7.51. The molecule has 1 aliphatic rings. The summed E-state index contributed by atoms with van der Waals surface area (Å²) in [6.07, 6.45) is 2.87. The zero-order valence-electron chi connectivity index (χ0n) is 11.2. The van der Waals surface area contributed by atoms with E-state index >= 15 is 0 Å². The van der Waals surface area contributed by atoms with Gasteiger partial charge in [-0.3, -0.25) is 4.98 Å². The molecule has 1 aromatic heterocycles. The second-order valence-electron chi connectivity index (χ2n) is 4.28. The Labute approximate surface area is 136 Å². The van der Waals surface area contributed by atoms with E-state index in [0.717, 1.165) is 36.7 Å². The van der Waals surface area contributed by atoms with Crippen LogP contribution in [0, 0.1) is 0 Å². The molecule has 0 aromatic carbocycles. The third-order valence-corrected chi connectivity index (χ3v) is 3.97. The lowest BCUT2D eigenvalue weighted by Crippen LogP contribution is -2.42. The van der Waals surface area contributed by atoms with Crippen molar-refractivity contribution in [3.05, 3.63) is 29.6 Å². The molecule has 19 heavy (non-hydrogen) atoms. The minimum atomic E-state index is 0. The number of aliphatic imine (C=N–C) groups is 1. The van der Waals surface area contributed by atoms with Crippen LogP contribution in [-0.2, 0) is 13.0 Å². The molecule has 1 aromatic rings. The van der Waals surface area contributed by atoms with E-state index in [2.05, 4.69) is 27.9 Å². The molecule has 2 heterocycles. The Morgan fingerprint density at radius 3 is 2.89 bits per heavy atom. The summed E-state index contributed by atoms with van der Waals surface area (Å²) >= 11 is 1.97. The highest BCUT2D eigenvalue weighted by molar-refractivity contribution is 14.0. The molecule has 1 fully saturated rings. The second kappa shape index (κ2) is 8.63. The highest BCUT2D eigenvalue weighted by Gasteiger charge is 2.11. The maximum Gasteiger partial charge on any atom is 0.191 e. The zero-order valence-corrected chi connectivity index (χ0v) is 14.4. The Balaban J connectivity index is 0.00000180. The van der Waals surface area contributed by atoms with Crippen LogP contribution in [0.4, 0.5) is 0 Å². The van der Waals surface area contributed by atoms with E-state index in [-0.39, 0.29) is 24.0 Å². The fraction of sp³-hybridized carbons (Fsp3) is 0.538. The van der Waals surface area contributed by atoms with Crippen LogP contribution in [0.1, 0.15) is 18.2 Å². The van der Waals surface area contributed by atoms with Crippen LogP contribution in [0.15, 0.2) is 23.3 Å². The van der Waals surface area contributed by atoms with Gasteiger partial charge in [0.15, 0.2) is 5.96 Å². The lowest BCUT2D eigenvalue weighted by molar-refractivity contribution is 0.455. The first-order valence-electron chi connectivity index (χ1n) is 6.36. The Hall–Kier alpha value is -0.500. The van der Waals surface area contributed by atoms with Crippen molar-refractivity contribution in [2.75, 3.05) is 24.6 Å². The van der Waals surface area contributed by atoms with Gasteiger partial charge in [-0.25, -0.2) is 4.99 Å². The standard InChI is InChI=1S/C13H20N4S.HI/c1-2-11-3-4-15-12(9-11)10-16-13(14)17-5-7-18-8-6-17;/h3-4,9H,2,5-8,10H2,1H3,(H2,14,16);1H. The van der Waals surface area contributed by atoms with Crippen molar-refractivity contribution in [1.82, 2.24) is 9.88 Å². The molecule has 0 bridgehead atoms. The number of hydrogen-bond acceptors (Lipinski definition) is 3. The van der Waals surface area contributed by atoms with E-state index in [1.54, 1.807) is 0 Å². The Kier molecular flexibility index (Phi) is 7.52. The van der Waals surface area contributed by atoms with E-state index in [9.17, 15) is 0 Å². The van der Waals surface area contributed by atoms with Crippen LogP contribution in [0.5, 0.6) is 0 Å². The van der Waals surface area contributed by atoms with Crippen LogP contribution < -0.4 is 5.73 Å². The van der Waals surface area contributed by atoms with E-state index < -0.39 is 0 Å². The number of guanidine groups is 1. The minimum Gasteiger partial charge on any atom is -0.370 e. The van der Waals surface area contributed by atoms with Crippen molar-refractivity contribution in [2.24, 2.45) is 10.7 Å². The molecule has 0 atom stereocenters. The number of hydrogen-bond donors (Lipinski definition) is 1. The largest absolute Gasteiger partial charge is 0.370 e. The van der Waals surface area contributed by atoms with Crippen LogP contribution in [0.25, 0.3) is 0 Å². The van der Waals surface area contributed by atoms with Crippen molar-refractivity contribution in [2.45, 2.75) is 19.9 Å². The van der Waals surface area contributed by atoms with E-state index in [1.165, 1.54) is 5.56 Å². The van der Waals surface area contributed by atoms with E-state index in [0.29, 0.717) is 12.5 Å². The summed E-state index contributed by atoms with van der Waals surface area (Å²) in [7, 11) is 0. The molecule has 106 valence electrons. The summed E-state index contributed by atoms with van der Waals surface area (Å²) in [5.41, 5.74) is 8.29. The number of rotatable bonds is 3. The van der Waals surface area contributed by atoms with Gasteiger partial charge in [0.1, 0.15) is 0 Å². The molecule has 0 aliphatic carbocycles. The van der Waals surface area contributed by atoms with Gasteiger partial charge in [-0.05, 0) is 24.1 Å². The highest BCUT2D eigenvalue weighted by Crippen LogP contribution is 2.09. The first-order chi connectivity index (χ1) is 8.79.